The van der Waals surface area contributed by atoms with Crippen molar-refractivity contribution in [1.82, 2.24) is 0 Å². The SMILES string of the molecule is C=CC(F)C(F)C(F)C(C)F. The molecule has 0 radical (unpaired) electrons. The van der Waals surface area contributed by atoms with Gasteiger partial charge in [0.2, 0.25) is 0 Å². The third-order valence-corrected chi connectivity index (χ3v) is 1.27. The van der Waals surface area contributed by atoms with Crippen LogP contribution in [0, 0.1) is 0 Å². The van der Waals surface area contributed by atoms with Gasteiger partial charge in [0.25, 0.3) is 0 Å². The maximum absolute atomic E-state index is 12.4. The Morgan fingerprint density at radius 2 is 1.55 bits per heavy atom. The van der Waals surface area contributed by atoms with Crippen molar-refractivity contribution >= 4 is 0 Å². The van der Waals surface area contributed by atoms with Crippen LogP contribution >= 0.6 is 0 Å². The van der Waals surface area contributed by atoms with E-state index in [0.717, 1.165) is 6.92 Å². The molecule has 0 bridgehead atoms. The minimum absolute atomic E-state index is 0.611. The summed E-state index contributed by atoms with van der Waals surface area (Å²) in [6, 6.07) is 0. The maximum Gasteiger partial charge on any atom is 0.169 e. The predicted octanol–water partition coefficient (Wildman–Crippen LogP) is 2.54. The standard InChI is InChI=1S/C7H10F4/c1-3-5(9)7(11)6(10)4(2)8/h3-7H,1H2,2H3. The largest absolute Gasteiger partial charge is 0.244 e. The molecule has 66 valence electrons. The molecule has 0 saturated heterocycles. The van der Waals surface area contributed by atoms with E-state index in [1.807, 2.05) is 0 Å². The lowest BCUT2D eigenvalue weighted by Gasteiger charge is -2.15. The Balaban J connectivity index is 4.00. The van der Waals surface area contributed by atoms with Crippen LogP contribution in [0.25, 0.3) is 0 Å². The fraction of sp³-hybridized carbons (Fsp3) is 0.714. The first-order valence-corrected chi connectivity index (χ1v) is 3.19. The molecule has 4 heteroatoms. The molecule has 0 aliphatic heterocycles. The third-order valence-electron chi connectivity index (χ3n) is 1.27. The van der Waals surface area contributed by atoms with Gasteiger partial charge in [-0.3, -0.25) is 0 Å². The number of hydrogen-bond acceptors (Lipinski definition) is 0. The van der Waals surface area contributed by atoms with Crippen LogP contribution in [0.3, 0.4) is 0 Å². The first kappa shape index (κ1) is 10.5. The van der Waals surface area contributed by atoms with Crippen LogP contribution in [0.1, 0.15) is 6.92 Å². The van der Waals surface area contributed by atoms with E-state index >= 15 is 0 Å². The van der Waals surface area contributed by atoms with E-state index in [4.69, 9.17) is 0 Å². The van der Waals surface area contributed by atoms with Gasteiger partial charge in [-0.05, 0) is 6.92 Å². The average molecular weight is 170 g/mol. The molecule has 0 spiro atoms. The summed E-state index contributed by atoms with van der Waals surface area (Å²) >= 11 is 0. The van der Waals surface area contributed by atoms with Crippen molar-refractivity contribution < 1.29 is 17.6 Å². The number of allylic oxidation sites excluding steroid dienone is 1. The van der Waals surface area contributed by atoms with E-state index < -0.39 is 24.7 Å². The molecule has 0 amide bonds. The summed E-state index contributed by atoms with van der Waals surface area (Å²) in [5.41, 5.74) is 0. The highest BCUT2D eigenvalue weighted by Crippen LogP contribution is 2.17. The molecular formula is C7H10F4. The van der Waals surface area contributed by atoms with E-state index in [-0.39, 0.29) is 0 Å². The zero-order valence-corrected chi connectivity index (χ0v) is 6.11. The highest BCUT2D eigenvalue weighted by Gasteiger charge is 2.32. The molecule has 11 heavy (non-hydrogen) atoms. The normalized spacial score (nSPS) is 21.9. The van der Waals surface area contributed by atoms with Crippen LogP contribution in [-0.2, 0) is 0 Å². The van der Waals surface area contributed by atoms with Gasteiger partial charge in [0.05, 0.1) is 0 Å². The van der Waals surface area contributed by atoms with Gasteiger partial charge in [0.1, 0.15) is 6.17 Å². The quantitative estimate of drug-likeness (QED) is 0.449. The van der Waals surface area contributed by atoms with E-state index in [2.05, 4.69) is 6.58 Å². The van der Waals surface area contributed by atoms with Crippen LogP contribution in [0.2, 0.25) is 0 Å². The highest BCUT2D eigenvalue weighted by molar-refractivity contribution is 4.90. The van der Waals surface area contributed by atoms with Crippen molar-refractivity contribution in [3.63, 3.8) is 0 Å². The lowest BCUT2D eigenvalue weighted by molar-refractivity contribution is 0.0544. The van der Waals surface area contributed by atoms with Gasteiger partial charge in [-0.15, -0.1) is 6.58 Å². The molecular weight excluding hydrogens is 160 g/mol. The summed E-state index contributed by atoms with van der Waals surface area (Å²) in [5.74, 6) is 0. The molecule has 0 aromatic heterocycles. The number of hydrogen-bond donors (Lipinski definition) is 0. The second-order valence-electron chi connectivity index (χ2n) is 2.25. The highest BCUT2D eigenvalue weighted by atomic mass is 19.2. The minimum Gasteiger partial charge on any atom is -0.244 e. The van der Waals surface area contributed by atoms with Gasteiger partial charge in [-0.2, -0.15) is 0 Å². The number of rotatable bonds is 4. The summed E-state index contributed by atoms with van der Waals surface area (Å²) in [7, 11) is 0. The first-order valence-electron chi connectivity index (χ1n) is 3.19. The van der Waals surface area contributed by atoms with Crippen molar-refractivity contribution in [3.05, 3.63) is 12.7 Å². The van der Waals surface area contributed by atoms with E-state index in [0.29, 0.717) is 6.08 Å². The lowest BCUT2D eigenvalue weighted by Crippen LogP contribution is -2.32. The Kier molecular flexibility index (Phi) is 4.15. The van der Waals surface area contributed by atoms with Crippen LogP contribution in [-0.4, -0.2) is 24.7 Å². The smallest absolute Gasteiger partial charge is 0.169 e. The second-order valence-corrected chi connectivity index (χ2v) is 2.25. The second kappa shape index (κ2) is 4.36. The Bertz CT molecular complexity index is 124. The monoisotopic (exact) mass is 170 g/mol. The Morgan fingerprint density at radius 3 is 1.82 bits per heavy atom. The molecule has 4 unspecified atom stereocenters. The minimum atomic E-state index is -2.45. The molecule has 0 saturated carbocycles. The Labute approximate surface area is 62.9 Å². The zero-order valence-electron chi connectivity index (χ0n) is 6.11. The van der Waals surface area contributed by atoms with Gasteiger partial charge < -0.3 is 0 Å². The van der Waals surface area contributed by atoms with Crippen molar-refractivity contribution in [2.24, 2.45) is 0 Å². The number of alkyl halides is 4. The summed E-state index contributed by atoms with van der Waals surface area (Å²) in [6.45, 7) is 3.76. The zero-order chi connectivity index (χ0) is 9.02. The summed E-state index contributed by atoms with van der Waals surface area (Å²) in [6.07, 6.45) is -8.39. The van der Waals surface area contributed by atoms with Crippen molar-refractivity contribution in [2.45, 2.75) is 31.6 Å². The molecule has 0 nitrogen and oxygen atoms in total. The maximum atomic E-state index is 12.4. The van der Waals surface area contributed by atoms with E-state index in [1.165, 1.54) is 0 Å². The topological polar surface area (TPSA) is 0 Å². The van der Waals surface area contributed by atoms with Crippen LogP contribution < -0.4 is 0 Å². The summed E-state index contributed by atoms with van der Waals surface area (Å²) in [4.78, 5) is 0. The predicted molar refractivity (Wildman–Crippen MR) is 35.5 cm³/mol. The molecule has 0 aromatic rings. The van der Waals surface area contributed by atoms with Crippen molar-refractivity contribution in [2.75, 3.05) is 0 Å². The van der Waals surface area contributed by atoms with Crippen LogP contribution in [0.15, 0.2) is 12.7 Å². The van der Waals surface area contributed by atoms with Crippen molar-refractivity contribution in [3.8, 4) is 0 Å². The fourth-order valence-corrected chi connectivity index (χ4v) is 0.559. The molecule has 0 aromatic carbocycles. The first-order chi connectivity index (χ1) is 5.00. The molecule has 0 rings (SSSR count). The van der Waals surface area contributed by atoms with Crippen LogP contribution in [0.5, 0.6) is 0 Å². The van der Waals surface area contributed by atoms with Crippen LogP contribution in [0.4, 0.5) is 17.6 Å². The third kappa shape index (κ3) is 2.91. The Hall–Kier alpha value is -0.540. The molecule has 0 heterocycles. The lowest BCUT2D eigenvalue weighted by atomic mass is 10.1. The molecule has 4 atom stereocenters. The molecule has 0 fully saturated rings. The van der Waals surface area contributed by atoms with Gasteiger partial charge in [0.15, 0.2) is 18.5 Å². The van der Waals surface area contributed by atoms with E-state index in [9.17, 15) is 17.6 Å². The van der Waals surface area contributed by atoms with Gasteiger partial charge in [-0.25, -0.2) is 17.6 Å². The molecule has 0 N–H and O–H groups in total. The summed E-state index contributed by atoms with van der Waals surface area (Å²) < 4.78 is 49.0. The van der Waals surface area contributed by atoms with Gasteiger partial charge >= 0.3 is 0 Å². The Morgan fingerprint density at radius 1 is 1.09 bits per heavy atom. The fourth-order valence-electron chi connectivity index (χ4n) is 0.559. The van der Waals surface area contributed by atoms with E-state index in [1.54, 1.807) is 0 Å². The molecule has 0 aliphatic carbocycles. The average Bonchev–Trinajstić information content (AvgIpc) is 2.00. The number of halogens is 4. The van der Waals surface area contributed by atoms with Gasteiger partial charge in [0, 0.05) is 0 Å². The van der Waals surface area contributed by atoms with Gasteiger partial charge in [-0.1, -0.05) is 6.08 Å². The van der Waals surface area contributed by atoms with Crippen molar-refractivity contribution in [1.29, 1.82) is 0 Å². The summed E-state index contributed by atoms with van der Waals surface area (Å²) in [5, 5.41) is 0. The molecule has 0 aliphatic rings.